The van der Waals surface area contributed by atoms with Crippen molar-refractivity contribution in [2.45, 2.75) is 5.92 Å². The number of hydrogen-bond donors (Lipinski definition) is 2. The molecule has 1 aromatic heterocycles. The minimum absolute atomic E-state index is 0.0356. The molecule has 6 nitrogen and oxygen atoms in total. The van der Waals surface area contributed by atoms with E-state index in [9.17, 15) is 4.79 Å². The van der Waals surface area contributed by atoms with Gasteiger partial charge in [-0.1, -0.05) is 0 Å². The molecule has 16 heavy (non-hydrogen) atoms. The number of nitrogens with two attached hydrogens (primary N) is 1. The first-order valence-electron chi connectivity index (χ1n) is 4.64. The van der Waals surface area contributed by atoms with Gasteiger partial charge in [0.25, 0.3) is 0 Å². The van der Waals surface area contributed by atoms with Gasteiger partial charge in [0.2, 0.25) is 0 Å². The smallest absolute Gasteiger partial charge is 0.312 e. The second-order valence-corrected chi connectivity index (χ2v) is 3.08. The fraction of sp³-hybridized carbons (Fsp3) is 0.400. The molecule has 0 saturated carbocycles. The number of aliphatic carboxylic acids is 1. The first-order chi connectivity index (χ1) is 7.65. The molecule has 0 amide bonds. The number of nitrogens with zero attached hydrogens (tertiary/aromatic N) is 1. The van der Waals surface area contributed by atoms with E-state index >= 15 is 0 Å². The van der Waals surface area contributed by atoms with Crippen molar-refractivity contribution in [3.05, 3.63) is 18.0 Å². The molecule has 0 bridgehead atoms. The quantitative estimate of drug-likeness (QED) is 0.746. The van der Waals surface area contributed by atoms with Crippen LogP contribution >= 0.6 is 0 Å². The van der Waals surface area contributed by atoms with Gasteiger partial charge in [0.15, 0.2) is 0 Å². The lowest BCUT2D eigenvalue weighted by molar-refractivity contribution is -0.138. The second kappa shape index (κ2) is 5.32. The Labute approximate surface area is 93.0 Å². The SMILES string of the molecule is COc1cncc(OC)c1C(CN)C(=O)O. The maximum Gasteiger partial charge on any atom is 0.312 e. The molecule has 0 saturated heterocycles. The highest BCUT2D eigenvalue weighted by atomic mass is 16.5. The number of carboxylic acids is 1. The summed E-state index contributed by atoms with van der Waals surface area (Å²) >= 11 is 0. The summed E-state index contributed by atoms with van der Waals surface area (Å²) in [7, 11) is 2.88. The van der Waals surface area contributed by atoms with Gasteiger partial charge >= 0.3 is 5.97 Å². The zero-order valence-corrected chi connectivity index (χ0v) is 9.14. The van der Waals surface area contributed by atoms with E-state index in [-0.39, 0.29) is 6.54 Å². The monoisotopic (exact) mass is 226 g/mol. The van der Waals surface area contributed by atoms with Crippen LogP contribution < -0.4 is 15.2 Å². The highest BCUT2D eigenvalue weighted by molar-refractivity contribution is 5.78. The lowest BCUT2D eigenvalue weighted by Crippen LogP contribution is -2.22. The number of ether oxygens (including phenoxy) is 2. The van der Waals surface area contributed by atoms with Crippen molar-refractivity contribution < 1.29 is 19.4 Å². The molecule has 0 spiro atoms. The molecular weight excluding hydrogens is 212 g/mol. The number of carbonyl (C=O) groups is 1. The summed E-state index contributed by atoms with van der Waals surface area (Å²) in [6, 6.07) is 0. The molecule has 0 aliphatic heterocycles. The molecule has 1 aromatic rings. The van der Waals surface area contributed by atoms with Gasteiger partial charge in [0.1, 0.15) is 17.4 Å². The molecule has 3 N–H and O–H groups in total. The molecular formula is C10H14N2O4. The normalized spacial score (nSPS) is 11.9. The molecule has 1 heterocycles. The largest absolute Gasteiger partial charge is 0.495 e. The van der Waals surface area contributed by atoms with E-state index in [1.807, 2.05) is 0 Å². The Bertz CT molecular complexity index is 359. The predicted octanol–water partition coefficient (Wildman–Crippen LogP) is 0.226. The number of hydrogen-bond acceptors (Lipinski definition) is 5. The lowest BCUT2D eigenvalue weighted by atomic mass is 9.99. The maximum atomic E-state index is 11.1. The predicted molar refractivity (Wildman–Crippen MR) is 56.8 cm³/mol. The van der Waals surface area contributed by atoms with Crippen molar-refractivity contribution in [1.29, 1.82) is 0 Å². The number of pyridine rings is 1. The summed E-state index contributed by atoms with van der Waals surface area (Å²) in [6.45, 7) is -0.0356. The third-order valence-electron chi connectivity index (χ3n) is 2.24. The lowest BCUT2D eigenvalue weighted by Gasteiger charge is -2.16. The molecule has 0 aromatic carbocycles. The third kappa shape index (κ3) is 2.22. The highest BCUT2D eigenvalue weighted by Gasteiger charge is 2.26. The molecule has 0 aliphatic rings. The van der Waals surface area contributed by atoms with Crippen LogP contribution in [0.3, 0.4) is 0 Å². The minimum atomic E-state index is -1.02. The van der Waals surface area contributed by atoms with Gasteiger partial charge in [-0.25, -0.2) is 0 Å². The van der Waals surface area contributed by atoms with Crippen LogP contribution in [0, 0.1) is 0 Å². The molecule has 6 heteroatoms. The standard InChI is InChI=1S/C10H14N2O4/c1-15-7-4-12-5-8(16-2)9(7)6(3-11)10(13)14/h4-6H,3,11H2,1-2H3,(H,13,14). The van der Waals surface area contributed by atoms with E-state index < -0.39 is 11.9 Å². The van der Waals surface area contributed by atoms with Crippen LogP contribution in [0.15, 0.2) is 12.4 Å². The third-order valence-corrected chi connectivity index (χ3v) is 2.24. The Balaban J connectivity index is 3.31. The molecule has 1 rings (SSSR count). The first kappa shape index (κ1) is 12.3. The van der Waals surface area contributed by atoms with E-state index in [1.54, 1.807) is 0 Å². The molecule has 0 radical (unpaired) electrons. The molecule has 88 valence electrons. The number of aromatic nitrogens is 1. The topological polar surface area (TPSA) is 94.7 Å². The van der Waals surface area contributed by atoms with E-state index in [0.29, 0.717) is 17.1 Å². The summed E-state index contributed by atoms with van der Waals surface area (Å²) in [5, 5.41) is 9.06. The fourth-order valence-corrected chi connectivity index (χ4v) is 1.44. The zero-order chi connectivity index (χ0) is 12.1. The summed E-state index contributed by atoms with van der Waals surface area (Å²) in [5.41, 5.74) is 5.85. The van der Waals surface area contributed by atoms with Gasteiger partial charge in [-0.05, 0) is 0 Å². The molecule has 1 unspecified atom stereocenters. The Kier molecular flexibility index (Phi) is 4.07. The van der Waals surface area contributed by atoms with Crippen molar-refractivity contribution in [1.82, 2.24) is 4.98 Å². The van der Waals surface area contributed by atoms with Crippen molar-refractivity contribution in [2.75, 3.05) is 20.8 Å². The van der Waals surface area contributed by atoms with E-state index in [1.165, 1.54) is 26.6 Å². The second-order valence-electron chi connectivity index (χ2n) is 3.08. The van der Waals surface area contributed by atoms with Gasteiger partial charge in [-0.15, -0.1) is 0 Å². The number of methoxy groups -OCH3 is 2. The van der Waals surface area contributed by atoms with Gasteiger partial charge < -0.3 is 20.3 Å². The van der Waals surface area contributed by atoms with Gasteiger partial charge in [0, 0.05) is 6.54 Å². The Morgan fingerprint density at radius 2 is 1.94 bits per heavy atom. The summed E-state index contributed by atoms with van der Waals surface area (Å²) < 4.78 is 10.1. The van der Waals surface area contributed by atoms with Crippen LogP contribution in [0.4, 0.5) is 0 Å². The van der Waals surface area contributed by atoms with Crippen LogP contribution in [-0.4, -0.2) is 36.8 Å². The molecule has 1 atom stereocenters. The van der Waals surface area contributed by atoms with E-state index in [2.05, 4.69) is 4.98 Å². The van der Waals surface area contributed by atoms with Crippen molar-refractivity contribution >= 4 is 5.97 Å². The van der Waals surface area contributed by atoms with Crippen molar-refractivity contribution in [2.24, 2.45) is 5.73 Å². The molecule has 0 fully saturated rings. The Hall–Kier alpha value is -1.82. The molecule has 0 aliphatic carbocycles. The van der Waals surface area contributed by atoms with Crippen LogP contribution in [0.5, 0.6) is 11.5 Å². The Morgan fingerprint density at radius 1 is 1.44 bits per heavy atom. The van der Waals surface area contributed by atoms with Gasteiger partial charge in [0.05, 0.1) is 32.2 Å². The van der Waals surface area contributed by atoms with E-state index in [0.717, 1.165) is 0 Å². The minimum Gasteiger partial charge on any atom is -0.495 e. The van der Waals surface area contributed by atoms with Gasteiger partial charge in [-0.3, -0.25) is 9.78 Å². The average molecular weight is 226 g/mol. The summed E-state index contributed by atoms with van der Waals surface area (Å²) in [6.07, 6.45) is 2.87. The summed E-state index contributed by atoms with van der Waals surface area (Å²) in [4.78, 5) is 14.9. The highest BCUT2D eigenvalue weighted by Crippen LogP contribution is 2.33. The number of carboxylic acid groups (broad SMARTS) is 1. The van der Waals surface area contributed by atoms with E-state index in [4.69, 9.17) is 20.3 Å². The fourth-order valence-electron chi connectivity index (χ4n) is 1.44. The van der Waals surface area contributed by atoms with Crippen molar-refractivity contribution in [3.8, 4) is 11.5 Å². The first-order valence-corrected chi connectivity index (χ1v) is 4.64. The number of rotatable bonds is 5. The summed E-state index contributed by atoms with van der Waals surface area (Å²) in [5.74, 6) is -1.17. The van der Waals surface area contributed by atoms with Crippen LogP contribution in [-0.2, 0) is 4.79 Å². The van der Waals surface area contributed by atoms with Crippen molar-refractivity contribution in [3.63, 3.8) is 0 Å². The maximum absolute atomic E-state index is 11.1. The van der Waals surface area contributed by atoms with Crippen LogP contribution in [0.1, 0.15) is 11.5 Å². The van der Waals surface area contributed by atoms with Crippen LogP contribution in [0.2, 0.25) is 0 Å². The van der Waals surface area contributed by atoms with Gasteiger partial charge in [-0.2, -0.15) is 0 Å². The zero-order valence-electron chi connectivity index (χ0n) is 9.14. The Morgan fingerprint density at radius 3 is 2.25 bits per heavy atom. The average Bonchev–Trinajstić information content (AvgIpc) is 2.29. The van der Waals surface area contributed by atoms with Crippen LogP contribution in [0.25, 0.3) is 0 Å².